The molecule has 2 rings (SSSR count). The lowest BCUT2D eigenvalue weighted by atomic mass is 9.94. The molecule has 106 valence electrons. The van der Waals surface area contributed by atoms with Crippen molar-refractivity contribution in [1.29, 1.82) is 0 Å². The van der Waals surface area contributed by atoms with Crippen LogP contribution >= 0.6 is 0 Å². The summed E-state index contributed by atoms with van der Waals surface area (Å²) < 4.78 is 32.6. The van der Waals surface area contributed by atoms with Gasteiger partial charge in [0.2, 0.25) is 10.0 Å². The van der Waals surface area contributed by atoms with E-state index in [4.69, 9.17) is 9.84 Å². The van der Waals surface area contributed by atoms with Crippen molar-refractivity contribution in [3.8, 4) is 0 Å². The van der Waals surface area contributed by atoms with E-state index >= 15 is 0 Å². The number of hydrogen-bond acceptors (Lipinski definition) is 4. The smallest absolute Gasteiger partial charge is 0.241 e. The number of rotatable bonds is 4. The van der Waals surface area contributed by atoms with Crippen LogP contribution in [0.5, 0.6) is 0 Å². The largest absolute Gasteiger partial charge is 0.392 e. The molecule has 1 aliphatic rings. The van der Waals surface area contributed by atoms with Crippen LogP contribution in [0.2, 0.25) is 0 Å². The van der Waals surface area contributed by atoms with Crippen molar-refractivity contribution >= 4 is 10.0 Å². The van der Waals surface area contributed by atoms with Gasteiger partial charge in [-0.25, -0.2) is 13.1 Å². The number of aliphatic hydroxyl groups excluding tert-OH is 1. The van der Waals surface area contributed by atoms with Crippen molar-refractivity contribution in [2.45, 2.75) is 36.8 Å². The summed E-state index contributed by atoms with van der Waals surface area (Å²) in [5, 5.41) is 8.95. The highest BCUT2D eigenvalue weighted by molar-refractivity contribution is 7.89. The van der Waals surface area contributed by atoms with Crippen LogP contribution in [-0.2, 0) is 21.4 Å². The zero-order chi connectivity index (χ0) is 13.9. The average Bonchev–Trinajstić information content (AvgIpc) is 2.38. The second-order valence-electron chi connectivity index (χ2n) is 5.08. The molecule has 0 saturated carbocycles. The van der Waals surface area contributed by atoms with Crippen LogP contribution in [0.3, 0.4) is 0 Å². The Morgan fingerprint density at radius 1 is 1.26 bits per heavy atom. The molecule has 1 heterocycles. The van der Waals surface area contributed by atoms with Gasteiger partial charge in [-0.3, -0.25) is 0 Å². The summed E-state index contributed by atoms with van der Waals surface area (Å²) in [7, 11) is -3.53. The van der Waals surface area contributed by atoms with Gasteiger partial charge < -0.3 is 9.84 Å². The Morgan fingerprint density at radius 2 is 1.84 bits per heavy atom. The fourth-order valence-corrected chi connectivity index (χ4v) is 3.55. The molecule has 0 unspecified atom stereocenters. The van der Waals surface area contributed by atoms with E-state index < -0.39 is 15.6 Å². The van der Waals surface area contributed by atoms with Crippen molar-refractivity contribution in [3.05, 3.63) is 29.8 Å². The summed E-state index contributed by atoms with van der Waals surface area (Å²) in [5.74, 6) is 0. The fourth-order valence-electron chi connectivity index (χ4n) is 2.08. The Balaban J connectivity index is 2.17. The number of benzene rings is 1. The van der Waals surface area contributed by atoms with Gasteiger partial charge in [0, 0.05) is 18.8 Å². The molecule has 0 atom stereocenters. The van der Waals surface area contributed by atoms with Crippen molar-refractivity contribution in [1.82, 2.24) is 4.72 Å². The van der Waals surface area contributed by atoms with Crippen LogP contribution in [0.15, 0.2) is 29.2 Å². The summed E-state index contributed by atoms with van der Waals surface area (Å²) in [6.45, 7) is 2.95. The van der Waals surface area contributed by atoms with Crippen molar-refractivity contribution in [2.75, 3.05) is 13.2 Å². The number of aliphatic hydroxyl groups is 1. The molecule has 1 aromatic carbocycles. The quantitative estimate of drug-likeness (QED) is 0.866. The molecule has 0 aliphatic carbocycles. The minimum atomic E-state index is -3.53. The van der Waals surface area contributed by atoms with Gasteiger partial charge in [0.25, 0.3) is 0 Å². The highest BCUT2D eigenvalue weighted by Gasteiger charge is 2.32. The summed E-state index contributed by atoms with van der Waals surface area (Å²) >= 11 is 0. The lowest BCUT2D eigenvalue weighted by Crippen LogP contribution is -2.49. The van der Waals surface area contributed by atoms with Crippen LogP contribution < -0.4 is 4.72 Å². The third-order valence-electron chi connectivity index (χ3n) is 3.39. The third-order valence-corrected chi connectivity index (χ3v) is 5.05. The van der Waals surface area contributed by atoms with Crippen molar-refractivity contribution in [3.63, 3.8) is 0 Å². The van der Waals surface area contributed by atoms with Crippen LogP contribution in [-0.4, -0.2) is 32.3 Å². The summed E-state index contributed by atoms with van der Waals surface area (Å²) in [4.78, 5) is 0.220. The molecule has 0 aromatic heterocycles. The lowest BCUT2D eigenvalue weighted by Gasteiger charge is -2.34. The van der Waals surface area contributed by atoms with Gasteiger partial charge in [-0.15, -0.1) is 0 Å². The highest BCUT2D eigenvalue weighted by Crippen LogP contribution is 2.23. The topological polar surface area (TPSA) is 75.6 Å². The van der Waals surface area contributed by atoms with Gasteiger partial charge in [0.05, 0.1) is 11.5 Å². The molecule has 1 aromatic rings. The number of sulfonamides is 1. The Labute approximate surface area is 113 Å². The lowest BCUT2D eigenvalue weighted by molar-refractivity contribution is 0.0537. The van der Waals surface area contributed by atoms with E-state index in [9.17, 15) is 8.42 Å². The first-order chi connectivity index (χ1) is 8.95. The molecule has 0 bridgehead atoms. The van der Waals surface area contributed by atoms with E-state index in [1.54, 1.807) is 12.1 Å². The van der Waals surface area contributed by atoms with E-state index in [-0.39, 0.29) is 11.5 Å². The normalized spacial score (nSPS) is 19.3. The Hall–Kier alpha value is -0.950. The third kappa shape index (κ3) is 3.54. The maximum absolute atomic E-state index is 12.3. The SMILES string of the molecule is CC1(NS(=O)(=O)c2ccc(CO)cc2)CCOCC1. The first-order valence-electron chi connectivity index (χ1n) is 6.27. The first kappa shape index (κ1) is 14.5. The van der Waals surface area contributed by atoms with Crippen LogP contribution in [0, 0.1) is 0 Å². The van der Waals surface area contributed by atoms with Gasteiger partial charge in [0.1, 0.15) is 0 Å². The molecule has 1 saturated heterocycles. The predicted molar refractivity (Wildman–Crippen MR) is 71.1 cm³/mol. The van der Waals surface area contributed by atoms with Gasteiger partial charge in [-0.05, 0) is 37.5 Å². The van der Waals surface area contributed by atoms with Gasteiger partial charge in [-0.1, -0.05) is 12.1 Å². The van der Waals surface area contributed by atoms with E-state index in [1.165, 1.54) is 12.1 Å². The molecule has 1 fully saturated rings. The minimum absolute atomic E-state index is 0.0944. The van der Waals surface area contributed by atoms with Crippen LogP contribution in [0.4, 0.5) is 0 Å². The fraction of sp³-hybridized carbons (Fsp3) is 0.538. The molecule has 0 amide bonds. The van der Waals surface area contributed by atoms with E-state index in [0.717, 1.165) is 0 Å². The van der Waals surface area contributed by atoms with E-state index in [0.29, 0.717) is 31.6 Å². The first-order valence-corrected chi connectivity index (χ1v) is 7.75. The summed E-state index contributed by atoms with van der Waals surface area (Å²) in [5.41, 5.74) is 0.239. The number of ether oxygens (including phenoxy) is 1. The van der Waals surface area contributed by atoms with Crippen LogP contribution in [0.25, 0.3) is 0 Å². The molecular formula is C13H19NO4S. The minimum Gasteiger partial charge on any atom is -0.392 e. The van der Waals surface area contributed by atoms with Crippen molar-refractivity contribution < 1.29 is 18.3 Å². The Morgan fingerprint density at radius 3 is 2.37 bits per heavy atom. The molecule has 0 spiro atoms. The molecule has 6 heteroatoms. The van der Waals surface area contributed by atoms with Crippen LogP contribution in [0.1, 0.15) is 25.3 Å². The zero-order valence-electron chi connectivity index (χ0n) is 10.9. The zero-order valence-corrected chi connectivity index (χ0v) is 11.7. The molecule has 2 N–H and O–H groups in total. The Bertz CT molecular complexity index is 518. The molecule has 0 radical (unpaired) electrons. The highest BCUT2D eigenvalue weighted by atomic mass is 32.2. The molecule has 19 heavy (non-hydrogen) atoms. The maximum atomic E-state index is 12.3. The molecular weight excluding hydrogens is 266 g/mol. The molecule has 5 nitrogen and oxygen atoms in total. The van der Waals surface area contributed by atoms with E-state index in [2.05, 4.69) is 4.72 Å². The second-order valence-corrected chi connectivity index (χ2v) is 6.76. The number of hydrogen-bond donors (Lipinski definition) is 2. The standard InChI is InChI=1S/C13H19NO4S/c1-13(6-8-18-9-7-13)14-19(16,17)12-4-2-11(10-15)3-5-12/h2-5,14-15H,6-10H2,1H3. The van der Waals surface area contributed by atoms with E-state index in [1.807, 2.05) is 6.92 Å². The summed E-state index contributed by atoms with van der Waals surface area (Å²) in [6.07, 6.45) is 1.34. The van der Waals surface area contributed by atoms with Crippen molar-refractivity contribution in [2.24, 2.45) is 0 Å². The van der Waals surface area contributed by atoms with Gasteiger partial charge >= 0.3 is 0 Å². The second kappa shape index (κ2) is 5.58. The molecule has 1 aliphatic heterocycles. The number of nitrogens with one attached hydrogen (secondary N) is 1. The summed E-state index contributed by atoms with van der Waals surface area (Å²) in [6, 6.07) is 6.24. The predicted octanol–water partition coefficient (Wildman–Crippen LogP) is 1.03. The average molecular weight is 285 g/mol. The maximum Gasteiger partial charge on any atom is 0.241 e. The van der Waals surface area contributed by atoms with Gasteiger partial charge in [0.15, 0.2) is 0 Å². The monoisotopic (exact) mass is 285 g/mol. The Kier molecular flexibility index (Phi) is 4.25. The van der Waals surface area contributed by atoms with Gasteiger partial charge in [-0.2, -0.15) is 0 Å².